The predicted molar refractivity (Wildman–Crippen MR) is 382 cm³/mol. The summed E-state index contributed by atoms with van der Waals surface area (Å²) in [4.78, 5) is 0. The first-order valence-corrected chi connectivity index (χ1v) is 42.6. The molecule has 2 aromatic carbocycles. The molecule has 6 rings (SSSR count). The van der Waals surface area contributed by atoms with Gasteiger partial charge in [-0.2, -0.15) is 0 Å². The van der Waals surface area contributed by atoms with Crippen molar-refractivity contribution in [3.8, 4) is 0 Å². The van der Waals surface area contributed by atoms with E-state index in [1.165, 1.54) is 48.1 Å². The van der Waals surface area contributed by atoms with Crippen molar-refractivity contribution in [2.45, 2.75) is 313 Å². The van der Waals surface area contributed by atoms with Crippen molar-refractivity contribution < 1.29 is 28.6 Å². The Kier molecular flexibility index (Phi) is 25.9. The van der Waals surface area contributed by atoms with E-state index in [1.807, 2.05) is 0 Å². The first kappa shape index (κ1) is 75.5. The molecule has 2 aromatic rings. The molecule has 6 nitrogen and oxygen atoms in total. The summed E-state index contributed by atoms with van der Waals surface area (Å²) in [7, 11) is -6.47. The van der Waals surface area contributed by atoms with E-state index in [9.17, 15) is 15.3 Å². The highest BCUT2D eigenvalue weighted by molar-refractivity contribution is 6.99. The molecule has 9 heteroatoms. The zero-order valence-corrected chi connectivity index (χ0v) is 63.6. The molecule has 0 radical (unpaired) electrons. The topological polar surface area (TPSA) is 88.4 Å². The Morgan fingerprint density at radius 1 is 0.517 bits per heavy atom. The smallest absolute Gasteiger partial charge is 0.261 e. The van der Waals surface area contributed by atoms with Gasteiger partial charge < -0.3 is 28.6 Å². The minimum absolute atomic E-state index is 0.0300. The monoisotopic (exact) mass is 1250 g/mol. The third-order valence-corrected chi connectivity index (χ3v) is 39.0. The number of aliphatic hydroxyl groups is 3. The SMILES string of the molecule is CC(C)[C@H](CC[C@H](C)[C@@]1(C)CC[C@@H](/C=C/C=C2C[C@@H](O[Si](C)(C)C(C)(C)C)C[C@H](O[Si](C)(C)C(C)(C)C)C2)C1(C)C)O[Si](c1ccccc1)(c1ccccc1)C(C)(C)C.CC(C)[C@H](O)CC[C@H](C)[C@@]1(C)CC[C@@H](/C=C/C=C2C[C@@H](O)C[C@H](O)C2)C1(C)C. The lowest BCUT2D eigenvalue weighted by molar-refractivity contribution is 0.0277. The van der Waals surface area contributed by atoms with Crippen molar-refractivity contribution in [2.75, 3.05) is 0 Å². The molecule has 3 N–H and O–H groups in total. The summed E-state index contributed by atoms with van der Waals surface area (Å²) in [6.45, 7) is 59.8. The van der Waals surface area contributed by atoms with Gasteiger partial charge in [-0.25, -0.2) is 0 Å². The predicted octanol–water partition coefficient (Wildman–Crippen LogP) is 20.1. The van der Waals surface area contributed by atoms with Gasteiger partial charge in [-0.3, -0.25) is 0 Å². The van der Waals surface area contributed by atoms with Crippen molar-refractivity contribution >= 4 is 35.3 Å². The molecule has 4 aliphatic rings. The van der Waals surface area contributed by atoms with Gasteiger partial charge in [-0.15, -0.1) is 0 Å². The molecule has 0 unspecified atom stereocenters. The van der Waals surface area contributed by atoms with Gasteiger partial charge in [0.05, 0.1) is 30.5 Å². The summed E-state index contributed by atoms with van der Waals surface area (Å²) < 4.78 is 22.0. The zero-order valence-electron chi connectivity index (χ0n) is 60.6. The summed E-state index contributed by atoms with van der Waals surface area (Å²) in [5, 5.41) is 33.0. The molecule has 4 fully saturated rings. The van der Waals surface area contributed by atoms with Crippen LogP contribution >= 0.6 is 0 Å². The Morgan fingerprint density at radius 3 is 1.25 bits per heavy atom. The number of aliphatic hydroxyl groups excluding tert-OH is 3. The van der Waals surface area contributed by atoms with Gasteiger partial charge >= 0.3 is 0 Å². The van der Waals surface area contributed by atoms with Crippen molar-refractivity contribution in [1.82, 2.24) is 0 Å². The Morgan fingerprint density at radius 2 is 0.897 bits per heavy atom. The fourth-order valence-electron chi connectivity index (χ4n) is 15.4. The molecule has 0 aromatic heterocycles. The van der Waals surface area contributed by atoms with Crippen LogP contribution in [-0.2, 0) is 13.3 Å². The van der Waals surface area contributed by atoms with Crippen molar-refractivity contribution in [3.05, 3.63) is 108 Å². The minimum atomic E-state index is -2.64. The lowest BCUT2D eigenvalue weighted by Gasteiger charge is -2.48. The average Bonchev–Trinajstić information content (AvgIpc) is 1.73. The van der Waals surface area contributed by atoms with E-state index >= 15 is 0 Å². The summed E-state index contributed by atoms with van der Waals surface area (Å²) >= 11 is 0. The van der Waals surface area contributed by atoms with Gasteiger partial charge in [0.15, 0.2) is 16.6 Å². The maximum atomic E-state index is 10.2. The standard InChI is InChI=1S/C53H90O3Si3.C25H44O3/c1-40(2)48(56-59(51(10,11)12,46-29-22-20-23-30-46)47-31-24-21-25-32-47)34-33-41(3)53(15)36-35-43(52(53,13)14)28-26-27-42-37-44(54-57(16,17)49(4,5)6)39-45(38-42)55-58(18,19)50(7,8)9;1-17(2)23(28)11-10-18(3)25(6)13-12-20(24(25,4)5)9-7-8-19-14-21(26)16-22(27)15-19/h20-32,40-41,43-45,48H,33-39H2,1-19H3;7-9,17-18,20-23,26-28H,10-16H2,1-6H3/b28-26+;9-7+/t41-,43+,44+,45+,48-,53+;18-,20+,21+,22+,23+,25+/m00/s1. The van der Waals surface area contributed by atoms with Crippen LogP contribution < -0.4 is 10.4 Å². The van der Waals surface area contributed by atoms with E-state index in [1.54, 1.807) is 0 Å². The normalized spacial score (nSPS) is 28.3. The van der Waals surface area contributed by atoms with Crippen molar-refractivity contribution in [3.63, 3.8) is 0 Å². The summed E-state index contributed by atoms with van der Waals surface area (Å²) in [6.07, 6.45) is 27.7. The molecule has 0 bridgehead atoms. The quantitative estimate of drug-likeness (QED) is 0.102. The van der Waals surface area contributed by atoms with Crippen LogP contribution in [0.15, 0.2) is 108 Å². The first-order chi connectivity index (χ1) is 40.0. The first-order valence-electron chi connectivity index (χ1n) is 34.9. The Bertz CT molecular complexity index is 2470. The van der Waals surface area contributed by atoms with Gasteiger partial charge in [0, 0.05) is 6.10 Å². The summed E-state index contributed by atoms with van der Waals surface area (Å²) in [6, 6.07) is 22.4. The second-order valence-electron chi connectivity index (χ2n) is 34.9. The van der Waals surface area contributed by atoms with E-state index in [0.717, 1.165) is 44.1 Å². The van der Waals surface area contributed by atoms with E-state index in [-0.39, 0.29) is 61.2 Å². The van der Waals surface area contributed by atoms with E-state index in [0.29, 0.717) is 54.8 Å². The molecule has 12 atom stereocenters. The molecular formula is C78H134O6Si3. The molecule has 0 spiro atoms. The van der Waals surface area contributed by atoms with Crippen LogP contribution in [0.5, 0.6) is 0 Å². The van der Waals surface area contributed by atoms with E-state index in [2.05, 4.69) is 269 Å². The minimum Gasteiger partial charge on any atom is -0.414 e. The lowest BCUT2D eigenvalue weighted by Crippen LogP contribution is -2.68. The molecule has 0 heterocycles. The molecule has 494 valence electrons. The van der Waals surface area contributed by atoms with Crippen LogP contribution in [0.25, 0.3) is 0 Å². The number of rotatable bonds is 22. The fourth-order valence-corrected chi connectivity index (χ4v) is 23.0. The molecule has 0 saturated heterocycles. The van der Waals surface area contributed by atoms with E-state index < -0.39 is 37.2 Å². The molecule has 0 amide bonds. The second-order valence-corrected chi connectivity index (χ2v) is 48.7. The number of hydrogen-bond acceptors (Lipinski definition) is 6. The number of allylic oxidation sites excluding steroid dienone is 6. The third-order valence-electron chi connectivity index (χ3n) is 24.9. The highest BCUT2D eigenvalue weighted by Gasteiger charge is 2.56. The van der Waals surface area contributed by atoms with Crippen LogP contribution in [0.1, 0.15) is 235 Å². The fraction of sp³-hybridized carbons (Fsp3) is 0.744. The van der Waals surface area contributed by atoms with Crippen LogP contribution in [0.4, 0.5) is 0 Å². The zero-order chi connectivity index (χ0) is 65.6. The van der Waals surface area contributed by atoms with Crippen LogP contribution in [-0.4, -0.2) is 76.9 Å². The largest absolute Gasteiger partial charge is 0.414 e. The summed E-state index contributed by atoms with van der Waals surface area (Å²) in [5.41, 5.74) is 3.54. The second kappa shape index (κ2) is 29.8. The maximum absolute atomic E-state index is 10.2. The molecular weight excluding hydrogens is 1120 g/mol. The van der Waals surface area contributed by atoms with Crippen LogP contribution in [0.3, 0.4) is 0 Å². The maximum Gasteiger partial charge on any atom is 0.261 e. The lowest BCUT2D eigenvalue weighted by atomic mass is 9.59. The van der Waals surface area contributed by atoms with Gasteiger partial charge in [0.2, 0.25) is 0 Å². The molecule has 4 aliphatic carbocycles. The van der Waals surface area contributed by atoms with Crippen LogP contribution in [0.2, 0.25) is 41.3 Å². The Hall–Kier alpha value is -2.19. The molecule has 0 aliphatic heterocycles. The molecule has 4 saturated carbocycles. The average molecular weight is 1250 g/mol. The number of benzene rings is 2. The highest BCUT2D eigenvalue weighted by atomic mass is 28.4. The van der Waals surface area contributed by atoms with Gasteiger partial charge in [-0.1, -0.05) is 254 Å². The third kappa shape index (κ3) is 18.1. The van der Waals surface area contributed by atoms with Gasteiger partial charge in [0.25, 0.3) is 8.32 Å². The van der Waals surface area contributed by atoms with E-state index in [4.69, 9.17) is 13.3 Å². The Labute approximate surface area is 539 Å². The summed E-state index contributed by atoms with van der Waals surface area (Å²) in [5.74, 6) is 3.00. The Balaban J connectivity index is 0.000000410. The van der Waals surface area contributed by atoms with Gasteiger partial charge in [-0.05, 0) is 199 Å². The van der Waals surface area contributed by atoms with Crippen molar-refractivity contribution in [1.29, 1.82) is 0 Å². The van der Waals surface area contributed by atoms with Gasteiger partial charge in [0.1, 0.15) is 0 Å². The van der Waals surface area contributed by atoms with Crippen molar-refractivity contribution in [2.24, 2.45) is 57.2 Å². The molecule has 87 heavy (non-hydrogen) atoms. The van der Waals surface area contributed by atoms with Crippen LogP contribution in [0, 0.1) is 57.2 Å². The highest BCUT2D eigenvalue weighted by Crippen LogP contribution is 2.62. The number of hydrogen-bond donors (Lipinski definition) is 3.